The Hall–Kier alpha value is -2.31. The highest BCUT2D eigenvalue weighted by molar-refractivity contribution is 5.55. The number of aromatic nitrogens is 1. The normalized spacial score (nSPS) is 19.8. The Bertz CT molecular complexity index is 701. The van der Waals surface area contributed by atoms with Crippen molar-refractivity contribution in [2.75, 3.05) is 47.5 Å². The van der Waals surface area contributed by atoms with E-state index in [0.717, 1.165) is 50.6 Å². The van der Waals surface area contributed by atoms with E-state index in [1.54, 1.807) is 31.1 Å². The van der Waals surface area contributed by atoms with Crippen LogP contribution in [-0.2, 0) is 13.1 Å². The molecule has 6 heteroatoms. The topological polar surface area (TPSA) is 49.5 Å². The molecule has 6 nitrogen and oxygen atoms in total. The first-order chi connectivity index (χ1) is 12.7. The highest BCUT2D eigenvalue weighted by atomic mass is 16.5. The first-order valence-electron chi connectivity index (χ1n) is 9.10. The van der Waals surface area contributed by atoms with Crippen LogP contribution >= 0.6 is 0 Å². The fourth-order valence-corrected chi connectivity index (χ4v) is 3.64. The van der Waals surface area contributed by atoms with Gasteiger partial charge in [-0.3, -0.25) is 4.98 Å². The average molecular weight is 359 g/mol. The molecule has 0 unspecified atom stereocenters. The van der Waals surface area contributed by atoms with Gasteiger partial charge in [0.05, 0.1) is 32.6 Å². The van der Waals surface area contributed by atoms with Crippen molar-refractivity contribution in [3.8, 4) is 17.2 Å². The molecular weight excluding hydrogens is 330 g/mol. The van der Waals surface area contributed by atoms with E-state index in [0.29, 0.717) is 11.5 Å². The van der Waals surface area contributed by atoms with Crippen LogP contribution < -0.4 is 24.0 Å². The van der Waals surface area contributed by atoms with Crippen molar-refractivity contribution in [1.82, 2.24) is 4.98 Å². The molecule has 1 fully saturated rings. The van der Waals surface area contributed by atoms with E-state index in [1.807, 2.05) is 18.3 Å². The Balaban J connectivity index is 1.61. The van der Waals surface area contributed by atoms with Gasteiger partial charge in [0.1, 0.15) is 39.3 Å². The molecular formula is C20H29N3O3+2. The predicted octanol–water partition coefficient (Wildman–Crippen LogP) is -0.409. The molecule has 1 aromatic heterocycles. The highest BCUT2D eigenvalue weighted by Crippen LogP contribution is 2.39. The summed E-state index contributed by atoms with van der Waals surface area (Å²) in [7, 11) is 4.98. The second kappa shape index (κ2) is 8.87. The van der Waals surface area contributed by atoms with Crippen LogP contribution in [0.15, 0.2) is 36.5 Å². The van der Waals surface area contributed by atoms with Gasteiger partial charge in [-0.15, -0.1) is 0 Å². The lowest BCUT2D eigenvalue weighted by Gasteiger charge is -2.30. The smallest absolute Gasteiger partial charge is 0.203 e. The Kier molecular flexibility index (Phi) is 6.30. The monoisotopic (exact) mass is 359 g/mol. The number of rotatable bonds is 7. The third-order valence-electron chi connectivity index (χ3n) is 5.05. The van der Waals surface area contributed by atoms with E-state index in [4.69, 9.17) is 14.2 Å². The summed E-state index contributed by atoms with van der Waals surface area (Å²) in [5.74, 6) is 2.15. The summed E-state index contributed by atoms with van der Waals surface area (Å²) in [4.78, 5) is 7.62. The van der Waals surface area contributed by atoms with Gasteiger partial charge in [0, 0.05) is 6.20 Å². The lowest BCUT2D eigenvalue weighted by molar-refractivity contribution is -1.02. The second-order valence-corrected chi connectivity index (χ2v) is 6.67. The van der Waals surface area contributed by atoms with Gasteiger partial charge in [-0.05, 0) is 24.3 Å². The maximum Gasteiger partial charge on any atom is 0.203 e. The molecule has 2 heterocycles. The molecule has 0 aliphatic carbocycles. The number of nitrogens with one attached hydrogen (secondary N) is 2. The van der Waals surface area contributed by atoms with Gasteiger partial charge >= 0.3 is 0 Å². The Morgan fingerprint density at radius 1 is 0.808 bits per heavy atom. The number of pyridine rings is 1. The van der Waals surface area contributed by atoms with Crippen molar-refractivity contribution in [2.45, 2.75) is 13.1 Å². The van der Waals surface area contributed by atoms with Gasteiger partial charge in [-0.1, -0.05) is 6.07 Å². The molecule has 0 amide bonds. The molecule has 2 N–H and O–H groups in total. The zero-order valence-corrected chi connectivity index (χ0v) is 15.9. The van der Waals surface area contributed by atoms with Gasteiger partial charge in [-0.2, -0.15) is 0 Å². The number of benzene rings is 1. The molecule has 0 radical (unpaired) electrons. The number of hydrogen-bond donors (Lipinski definition) is 2. The van der Waals surface area contributed by atoms with Crippen molar-refractivity contribution in [3.63, 3.8) is 0 Å². The minimum Gasteiger partial charge on any atom is -0.493 e. The summed E-state index contributed by atoms with van der Waals surface area (Å²) in [6, 6.07) is 10.2. The summed E-state index contributed by atoms with van der Waals surface area (Å²) in [6.45, 7) is 6.52. The lowest BCUT2D eigenvalue weighted by atomic mass is 10.1. The second-order valence-electron chi connectivity index (χ2n) is 6.67. The summed E-state index contributed by atoms with van der Waals surface area (Å²) < 4.78 is 16.5. The van der Waals surface area contributed by atoms with Crippen LogP contribution in [0.4, 0.5) is 0 Å². The van der Waals surface area contributed by atoms with Gasteiger partial charge in [0.2, 0.25) is 5.75 Å². The standard InChI is InChI=1S/C20H27N3O3/c1-24-18-8-7-16(19(25-2)20(18)26-3)14-22-10-12-23(13-11-22)15-17-6-4-5-9-21-17/h4-9H,10-15H2,1-3H3/p+2. The molecule has 1 saturated heterocycles. The number of nitrogens with zero attached hydrogens (tertiary/aromatic N) is 1. The van der Waals surface area contributed by atoms with E-state index in [2.05, 4.69) is 23.2 Å². The zero-order valence-electron chi connectivity index (χ0n) is 15.9. The maximum atomic E-state index is 5.62. The summed E-state index contributed by atoms with van der Waals surface area (Å²) in [5.41, 5.74) is 2.33. The Labute approximate surface area is 155 Å². The van der Waals surface area contributed by atoms with Crippen molar-refractivity contribution in [3.05, 3.63) is 47.8 Å². The van der Waals surface area contributed by atoms with Gasteiger partial charge in [0.15, 0.2) is 11.5 Å². The zero-order chi connectivity index (χ0) is 18.4. The molecule has 26 heavy (non-hydrogen) atoms. The first-order valence-corrected chi connectivity index (χ1v) is 9.10. The number of hydrogen-bond acceptors (Lipinski definition) is 4. The molecule has 0 saturated carbocycles. The molecule has 0 atom stereocenters. The summed E-state index contributed by atoms with van der Waals surface area (Å²) >= 11 is 0. The maximum absolute atomic E-state index is 5.62. The van der Waals surface area contributed by atoms with Crippen LogP contribution in [0.1, 0.15) is 11.3 Å². The Morgan fingerprint density at radius 2 is 1.50 bits per heavy atom. The average Bonchev–Trinajstić information content (AvgIpc) is 2.69. The number of quaternary nitrogens is 2. The molecule has 3 rings (SSSR count). The molecule has 1 aliphatic heterocycles. The van der Waals surface area contributed by atoms with Crippen molar-refractivity contribution in [1.29, 1.82) is 0 Å². The van der Waals surface area contributed by atoms with Crippen LogP contribution in [-0.4, -0.2) is 52.5 Å². The lowest BCUT2D eigenvalue weighted by Crippen LogP contribution is -3.27. The van der Waals surface area contributed by atoms with Crippen LogP contribution in [0.25, 0.3) is 0 Å². The van der Waals surface area contributed by atoms with Crippen molar-refractivity contribution >= 4 is 0 Å². The largest absolute Gasteiger partial charge is 0.493 e. The number of ether oxygens (including phenoxy) is 3. The fraction of sp³-hybridized carbons (Fsp3) is 0.450. The van der Waals surface area contributed by atoms with Gasteiger partial charge in [-0.25, -0.2) is 0 Å². The van der Waals surface area contributed by atoms with E-state index >= 15 is 0 Å². The molecule has 140 valence electrons. The van der Waals surface area contributed by atoms with Crippen molar-refractivity contribution < 1.29 is 24.0 Å². The number of piperazine rings is 1. The van der Waals surface area contributed by atoms with E-state index in [-0.39, 0.29) is 0 Å². The molecule has 0 bridgehead atoms. The van der Waals surface area contributed by atoms with Gasteiger partial charge in [0.25, 0.3) is 0 Å². The van der Waals surface area contributed by atoms with Gasteiger partial charge < -0.3 is 24.0 Å². The quantitative estimate of drug-likeness (QED) is 0.706. The molecule has 0 spiro atoms. The number of methoxy groups -OCH3 is 3. The SMILES string of the molecule is COc1ccc(C[NH+]2CC[NH+](Cc3ccccn3)CC2)c(OC)c1OC. The van der Waals surface area contributed by atoms with E-state index < -0.39 is 0 Å². The van der Waals surface area contributed by atoms with Crippen molar-refractivity contribution in [2.24, 2.45) is 0 Å². The first kappa shape index (κ1) is 18.5. The van der Waals surface area contributed by atoms with E-state index in [1.165, 1.54) is 5.69 Å². The minimum atomic E-state index is 0.673. The van der Waals surface area contributed by atoms with Crippen LogP contribution in [0.2, 0.25) is 0 Å². The van der Waals surface area contributed by atoms with Crippen LogP contribution in [0.3, 0.4) is 0 Å². The minimum absolute atomic E-state index is 0.673. The van der Waals surface area contributed by atoms with Crippen LogP contribution in [0.5, 0.6) is 17.2 Å². The summed E-state index contributed by atoms with van der Waals surface area (Å²) in [5, 5.41) is 0. The van der Waals surface area contributed by atoms with E-state index in [9.17, 15) is 0 Å². The van der Waals surface area contributed by atoms with Crippen LogP contribution in [0, 0.1) is 0 Å². The third-order valence-corrected chi connectivity index (χ3v) is 5.05. The molecule has 1 aliphatic rings. The Morgan fingerprint density at radius 3 is 2.08 bits per heavy atom. The molecule has 1 aromatic carbocycles. The fourth-order valence-electron chi connectivity index (χ4n) is 3.64. The summed E-state index contributed by atoms with van der Waals surface area (Å²) in [6.07, 6.45) is 1.87. The third kappa shape index (κ3) is 4.26. The predicted molar refractivity (Wildman–Crippen MR) is 99.1 cm³/mol. The molecule has 2 aromatic rings. The highest BCUT2D eigenvalue weighted by Gasteiger charge is 2.26.